The molecule has 2 heterocycles. The normalized spacial score (nSPS) is 15.6. The van der Waals surface area contributed by atoms with E-state index in [1.807, 2.05) is 12.1 Å². The van der Waals surface area contributed by atoms with Crippen LogP contribution in [0.4, 0.5) is 0 Å². The standard InChI is InChI=1S/C20H23N5O/c1-2-25-9-7-14(8-10-25)18-5-6-19(24-23-18)17-4-3-15(11-20(17)26)16(12-21)13-22/h3-7,11-13,21,26H,2,8-10,22H2,1H3. The van der Waals surface area contributed by atoms with Gasteiger partial charge in [0.05, 0.1) is 11.4 Å². The van der Waals surface area contributed by atoms with Crippen LogP contribution < -0.4 is 5.73 Å². The average molecular weight is 349 g/mol. The van der Waals surface area contributed by atoms with E-state index >= 15 is 0 Å². The zero-order chi connectivity index (χ0) is 18.5. The molecule has 0 fully saturated rings. The number of nitrogens with zero attached hydrogens (tertiary/aromatic N) is 3. The first-order valence-electron chi connectivity index (χ1n) is 8.68. The van der Waals surface area contributed by atoms with Gasteiger partial charge in [0.15, 0.2) is 0 Å². The molecular weight excluding hydrogens is 326 g/mol. The van der Waals surface area contributed by atoms with E-state index in [9.17, 15) is 5.11 Å². The number of aromatic hydroxyl groups is 1. The van der Waals surface area contributed by atoms with Crippen molar-refractivity contribution in [1.29, 1.82) is 5.41 Å². The van der Waals surface area contributed by atoms with Gasteiger partial charge in [0, 0.05) is 36.6 Å². The second-order valence-electron chi connectivity index (χ2n) is 6.17. The SMILES string of the molecule is CCN1CC=C(c2ccc(-c3ccc(C(C=N)=CN)cc3O)nn2)CC1. The molecule has 0 atom stereocenters. The zero-order valence-corrected chi connectivity index (χ0v) is 14.8. The molecule has 0 spiro atoms. The smallest absolute Gasteiger partial charge is 0.125 e. The fourth-order valence-corrected chi connectivity index (χ4v) is 3.03. The lowest BCUT2D eigenvalue weighted by Crippen LogP contribution is -2.28. The molecule has 3 rings (SSSR count). The molecule has 0 radical (unpaired) electrons. The Hall–Kier alpha value is -2.99. The highest BCUT2D eigenvalue weighted by atomic mass is 16.3. The Labute approximate surface area is 153 Å². The molecule has 0 bridgehead atoms. The number of hydrogen-bond donors (Lipinski definition) is 3. The molecule has 6 heteroatoms. The third-order valence-corrected chi connectivity index (χ3v) is 4.68. The van der Waals surface area contributed by atoms with Gasteiger partial charge in [-0.25, -0.2) is 0 Å². The van der Waals surface area contributed by atoms with Crippen LogP contribution in [0.5, 0.6) is 5.75 Å². The molecule has 26 heavy (non-hydrogen) atoms. The molecule has 0 aliphatic carbocycles. The predicted octanol–water partition coefficient (Wildman–Crippen LogP) is 2.91. The van der Waals surface area contributed by atoms with Crippen LogP contribution in [0, 0.1) is 5.41 Å². The average Bonchev–Trinajstić information content (AvgIpc) is 2.69. The summed E-state index contributed by atoms with van der Waals surface area (Å²) in [7, 11) is 0. The van der Waals surface area contributed by atoms with Gasteiger partial charge in [0.25, 0.3) is 0 Å². The van der Waals surface area contributed by atoms with Gasteiger partial charge in [0.2, 0.25) is 0 Å². The van der Waals surface area contributed by atoms with Gasteiger partial charge in [-0.3, -0.25) is 4.90 Å². The number of hydrogen-bond acceptors (Lipinski definition) is 6. The molecule has 6 nitrogen and oxygen atoms in total. The number of aromatic nitrogens is 2. The Balaban J connectivity index is 1.83. The number of benzene rings is 1. The Morgan fingerprint density at radius 1 is 1.27 bits per heavy atom. The highest BCUT2D eigenvalue weighted by molar-refractivity contribution is 6.08. The molecular formula is C20H23N5O. The predicted molar refractivity (Wildman–Crippen MR) is 105 cm³/mol. The molecule has 0 amide bonds. The van der Waals surface area contributed by atoms with E-state index in [1.54, 1.807) is 18.2 Å². The lowest BCUT2D eigenvalue weighted by atomic mass is 10.0. The highest BCUT2D eigenvalue weighted by Crippen LogP contribution is 2.30. The monoisotopic (exact) mass is 349 g/mol. The molecule has 4 N–H and O–H groups in total. The maximum atomic E-state index is 10.3. The summed E-state index contributed by atoms with van der Waals surface area (Å²) in [6.45, 7) is 5.21. The Kier molecular flexibility index (Phi) is 5.43. The van der Waals surface area contributed by atoms with Crippen LogP contribution in [-0.4, -0.2) is 46.1 Å². The molecule has 0 unspecified atom stereocenters. The van der Waals surface area contributed by atoms with Crippen molar-refractivity contribution in [3.63, 3.8) is 0 Å². The summed E-state index contributed by atoms with van der Waals surface area (Å²) in [5.74, 6) is 0.0845. The summed E-state index contributed by atoms with van der Waals surface area (Å²) < 4.78 is 0. The Bertz CT molecular complexity index is 855. The summed E-state index contributed by atoms with van der Waals surface area (Å²) in [5.41, 5.74) is 10.0. The van der Waals surface area contributed by atoms with Crippen LogP contribution in [-0.2, 0) is 0 Å². The van der Waals surface area contributed by atoms with Crippen LogP contribution >= 0.6 is 0 Å². The van der Waals surface area contributed by atoms with Crippen molar-refractivity contribution in [2.75, 3.05) is 19.6 Å². The fraction of sp³-hybridized carbons (Fsp3) is 0.250. The maximum Gasteiger partial charge on any atom is 0.125 e. The summed E-state index contributed by atoms with van der Waals surface area (Å²) in [6, 6.07) is 8.97. The van der Waals surface area contributed by atoms with E-state index in [0.717, 1.165) is 38.0 Å². The van der Waals surface area contributed by atoms with Crippen molar-refractivity contribution < 1.29 is 5.11 Å². The van der Waals surface area contributed by atoms with Crippen molar-refractivity contribution in [3.05, 3.63) is 53.9 Å². The van der Waals surface area contributed by atoms with Gasteiger partial charge in [-0.05, 0) is 48.4 Å². The number of nitrogens with one attached hydrogen (secondary N) is 1. The minimum atomic E-state index is 0.0845. The van der Waals surface area contributed by atoms with Crippen molar-refractivity contribution in [1.82, 2.24) is 15.1 Å². The third-order valence-electron chi connectivity index (χ3n) is 4.68. The van der Waals surface area contributed by atoms with Crippen LogP contribution in [0.25, 0.3) is 22.4 Å². The first-order valence-corrected chi connectivity index (χ1v) is 8.68. The summed E-state index contributed by atoms with van der Waals surface area (Å²) in [4.78, 5) is 2.38. The molecule has 134 valence electrons. The van der Waals surface area contributed by atoms with Gasteiger partial charge in [-0.1, -0.05) is 19.1 Å². The van der Waals surface area contributed by atoms with E-state index in [0.29, 0.717) is 22.4 Å². The minimum Gasteiger partial charge on any atom is -0.507 e. The van der Waals surface area contributed by atoms with Gasteiger partial charge in [0.1, 0.15) is 5.75 Å². The quantitative estimate of drug-likeness (QED) is 0.721. The summed E-state index contributed by atoms with van der Waals surface area (Å²) in [6.07, 6.45) is 5.68. The maximum absolute atomic E-state index is 10.3. The van der Waals surface area contributed by atoms with Gasteiger partial charge >= 0.3 is 0 Å². The van der Waals surface area contributed by atoms with Gasteiger partial charge in [-0.15, -0.1) is 5.10 Å². The molecule has 1 aliphatic rings. The largest absolute Gasteiger partial charge is 0.507 e. The number of phenolic OH excluding ortho intramolecular Hbond substituents is 1. The molecule has 1 aromatic carbocycles. The number of nitrogens with two attached hydrogens (primary N) is 1. The van der Waals surface area contributed by atoms with Gasteiger partial charge < -0.3 is 16.2 Å². The Morgan fingerprint density at radius 3 is 2.58 bits per heavy atom. The van der Waals surface area contributed by atoms with Crippen molar-refractivity contribution in [2.45, 2.75) is 13.3 Å². The first kappa shape index (κ1) is 17.8. The third kappa shape index (κ3) is 3.65. The molecule has 0 saturated heterocycles. The molecule has 2 aromatic rings. The van der Waals surface area contributed by atoms with E-state index in [-0.39, 0.29) is 5.75 Å². The second-order valence-corrected chi connectivity index (χ2v) is 6.17. The van der Waals surface area contributed by atoms with Crippen LogP contribution in [0.15, 0.2) is 42.6 Å². The van der Waals surface area contributed by atoms with Crippen LogP contribution in [0.3, 0.4) is 0 Å². The van der Waals surface area contributed by atoms with Crippen LogP contribution in [0.2, 0.25) is 0 Å². The van der Waals surface area contributed by atoms with Gasteiger partial charge in [-0.2, -0.15) is 5.10 Å². The van der Waals surface area contributed by atoms with E-state index in [2.05, 4.69) is 28.1 Å². The zero-order valence-electron chi connectivity index (χ0n) is 14.8. The molecule has 0 saturated carbocycles. The lowest BCUT2D eigenvalue weighted by Gasteiger charge is -2.24. The van der Waals surface area contributed by atoms with E-state index < -0.39 is 0 Å². The van der Waals surface area contributed by atoms with Crippen molar-refractivity contribution in [3.8, 4) is 17.0 Å². The second kappa shape index (κ2) is 7.93. The van der Waals surface area contributed by atoms with E-state index in [4.69, 9.17) is 11.1 Å². The summed E-state index contributed by atoms with van der Waals surface area (Å²) in [5, 5.41) is 26.3. The number of likely N-dealkylation sites (N-methyl/N-ethyl adjacent to an activating group) is 1. The summed E-state index contributed by atoms with van der Waals surface area (Å²) >= 11 is 0. The minimum absolute atomic E-state index is 0.0845. The fourth-order valence-electron chi connectivity index (χ4n) is 3.03. The first-order chi connectivity index (χ1) is 12.7. The Morgan fingerprint density at radius 2 is 2.04 bits per heavy atom. The van der Waals surface area contributed by atoms with Crippen molar-refractivity contribution >= 4 is 17.4 Å². The number of rotatable bonds is 5. The topological polar surface area (TPSA) is 99.1 Å². The van der Waals surface area contributed by atoms with E-state index in [1.165, 1.54) is 11.8 Å². The highest BCUT2D eigenvalue weighted by Gasteiger charge is 2.14. The number of allylic oxidation sites excluding steroid dienone is 1. The van der Waals surface area contributed by atoms with Crippen molar-refractivity contribution in [2.24, 2.45) is 5.73 Å². The molecule has 1 aromatic heterocycles. The molecule has 1 aliphatic heterocycles. The number of phenols is 1. The van der Waals surface area contributed by atoms with Crippen LogP contribution in [0.1, 0.15) is 24.6 Å². The lowest BCUT2D eigenvalue weighted by molar-refractivity contribution is 0.318.